The van der Waals surface area contributed by atoms with Crippen LogP contribution in [0.2, 0.25) is 0 Å². The summed E-state index contributed by atoms with van der Waals surface area (Å²) in [4.78, 5) is 56.9. The second kappa shape index (κ2) is 8.86. The Labute approximate surface area is 192 Å². The minimum atomic E-state index is -0.786. The molecule has 3 rings (SSSR count). The lowest BCUT2D eigenvalue weighted by molar-refractivity contribution is -0.142. The molecule has 3 aliphatic heterocycles. The van der Waals surface area contributed by atoms with Gasteiger partial charge in [0.15, 0.2) is 0 Å². The predicted molar refractivity (Wildman–Crippen MR) is 111 cm³/mol. The lowest BCUT2D eigenvalue weighted by atomic mass is 10.0. The van der Waals surface area contributed by atoms with Gasteiger partial charge in [0, 0.05) is 6.54 Å². The first-order chi connectivity index (χ1) is 15.2. The monoisotopic (exact) mass is 471 g/mol. The molecule has 13 nitrogen and oxygen atoms in total. The number of nitrogens with zero attached hydrogens (tertiary/aromatic N) is 4. The zero-order valence-electron chi connectivity index (χ0n) is 19.9. The molecule has 0 spiro atoms. The lowest BCUT2D eigenvalue weighted by Crippen LogP contribution is -2.50. The Morgan fingerprint density at radius 1 is 0.909 bits per heavy atom. The van der Waals surface area contributed by atoms with Crippen LogP contribution in [0.15, 0.2) is 0 Å². The van der Waals surface area contributed by atoms with Crippen LogP contribution < -0.4 is 5.48 Å². The molecule has 0 saturated carbocycles. The quantitative estimate of drug-likeness (QED) is 0.466. The molecule has 3 fully saturated rings. The molecule has 0 aromatic rings. The molecular formula is C20H33N5O8. The maximum atomic E-state index is 12.7. The average Bonchev–Trinajstić information content (AvgIpc) is 3.20. The normalized spacial score (nSPS) is 23.8. The van der Waals surface area contributed by atoms with Crippen molar-refractivity contribution in [2.45, 2.75) is 83.8 Å². The van der Waals surface area contributed by atoms with E-state index in [0.717, 1.165) is 10.0 Å². The Kier molecular flexibility index (Phi) is 6.67. The number of ether oxygens (including phenoxy) is 2. The molecular weight excluding hydrogens is 438 g/mol. The summed E-state index contributed by atoms with van der Waals surface area (Å²) in [6, 6.07) is -1.72. The van der Waals surface area contributed by atoms with E-state index in [-0.39, 0.29) is 25.7 Å². The number of urea groups is 1. The highest BCUT2D eigenvalue weighted by atomic mass is 16.7. The number of hydrogen-bond acceptors (Lipinski definition) is 8. The van der Waals surface area contributed by atoms with Gasteiger partial charge >= 0.3 is 18.2 Å². The zero-order valence-corrected chi connectivity index (χ0v) is 19.9. The van der Waals surface area contributed by atoms with E-state index in [9.17, 15) is 24.4 Å². The van der Waals surface area contributed by atoms with Crippen LogP contribution in [0.1, 0.15) is 54.4 Å². The van der Waals surface area contributed by atoms with E-state index in [1.807, 2.05) is 0 Å². The topological polar surface area (TPSA) is 141 Å². The summed E-state index contributed by atoms with van der Waals surface area (Å²) in [7, 11) is 0. The van der Waals surface area contributed by atoms with E-state index in [1.54, 1.807) is 41.5 Å². The third-order valence-corrected chi connectivity index (χ3v) is 5.23. The lowest BCUT2D eigenvalue weighted by Gasteiger charge is -2.31. The largest absolute Gasteiger partial charge is 0.442 e. The van der Waals surface area contributed by atoms with Crippen LogP contribution in [0.4, 0.5) is 14.4 Å². The van der Waals surface area contributed by atoms with E-state index in [1.165, 1.54) is 4.90 Å². The molecule has 0 aromatic carbocycles. The number of nitrogens with one attached hydrogen (secondary N) is 1. The highest BCUT2D eigenvalue weighted by Crippen LogP contribution is 2.28. The van der Waals surface area contributed by atoms with Gasteiger partial charge in [0.05, 0.1) is 19.1 Å². The molecule has 0 unspecified atom stereocenters. The molecule has 3 saturated heterocycles. The van der Waals surface area contributed by atoms with Crippen molar-refractivity contribution in [1.29, 1.82) is 0 Å². The van der Waals surface area contributed by atoms with Crippen molar-refractivity contribution in [1.82, 2.24) is 25.5 Å². The van der Waals surface area contributed by atoms with Crippen molar-refractivity contribution >= 4 is 24.1 Å². The molecule has 3 aliphatic rings. The second-order valence-electron chi connectivity index (χ2n) is 10.4. The third-order valence-electron chi connectivity index (χ3n) is 5.23. The van der Waals surface area contributed by atoms with Gasteiger partial charge in [-0.25, -0.2) is 34.9 Å². The second-order valence-corrected chi connectivity index (χ2v) is 10.4. The number of hydrogen-bond donors (Lipinski definition) is 2. The summed E-state index contributed by atoms with van der Waals surface area (Å²) < 4.78 is 10.8. The smallest absolute Gasteiger partial charge is 0.429 e. The SMILES string of the molecule is CC(C)(C)OC(=O)N1CC(ONC(=O)[C@@H]2CC[C@@H]3CN2C(=O)N3O)CN1C(=O)OC(C)(C)C. The molecule has 5 amide bonds. The fourth-order valence-electron chi connectivity index (χ4n) is 3.82. The van der Waals surface area contributed by atoms with Gasteiger partial charge in [-0.15, -0.1) is 0 Å². The summed E-state index contributed by atoms with van der Waals surface area (Å²) in [5.41, 5.74) is 0.765. The number of hydroxylamine groups is 3. The number of piperidine rings is 1. The molecule has 0 radical (unpaired) electrons. The van der Waals surface area contributed by atoms with Crippen molar-refractivity contribution in [2.75, 3.05) is 19.6 Å². The highest BCUT2D eigenvalue weighted by molar-refractivity contribution is 5.88. The first kappa shape index (κ1) is 24.8. The number of fused-ring (bicyclic) bond motifs is 2. The molecule has 2 bridgehead atoms. The number of carbonyl (C=O) groups is 4. The minimum absolute atomic E-state index is 0.0613. The Balaban J connectivity index is 1.63. The Morgan fingerprint density at radius 2 is 1.42 bits per heavy atom. The van der Waals surface area contributed by atoms with Crippen LogP contribution in [0.25, 0.3) is 0 Å². The van der Waals surface area contributed by atoms with E-state index in [0.29, 0.717) is 17.9 Å². The van der Waals surface area contributed by atoms with Crippen LogP contribution in [-0.2, 0) is 19.1 Å². The van der Waals surface area contributed by atoms with Crippen molar-refractivity contribution in [3.05, 3.63) is 0 Å². The highest BCUT2D eigenvalue weighted by Gasteiger charge is 2.47. The van der Waals surface area contributed by atoms with Gasteiger partial charge in [-0.1, -0.05) is 0 Å². The third kappa shape index (κ3) is 5.77. The zero-order chi connectivity index (χ0) is 24.7. The summed E-state index contributed by atoms with van der Waals surface area (Å²) >= 11 is 0. The first-order valence-electron chi connectivity index (χ1n) is 10.9. The van der Waals surface area contributed by atoms with Crippen molar-refractivity contribution < 1.29 is 38.7 Å². The van der Waals surface area contributed by atoms with Gasteiger partial charge in [0.1, 0.15) is 23.3 Å². The van der Waals surface area contributed by atoms with Gasteiger partial charge in [0.25, 0.3) is 5.91 Å². The molecule has 2 atom stereocenters. The summed E-state index contributed by atoms with van der Waals surface area (Å²) in [5.74, 6) is -0.545. The van der Waals surface area contributed by atoms with Gasteiger partial charge < -0.3 is 14.4 Å². The first-order valence-corrected chi connectivity index (χ1v) is 10.9. The standard InChI is InChI=1S/C20H33N5O8/c1-19(2,3)31-17(28)23-10-13(11-24(23)18(29)32-20(4,5)6)33-21-15(26)14-8-7-12-9-22(14)16(27)25(12)30/h12-14,30H,7-11H2,1-6H3,(H,21,26)/t12-,14+/m1/s1. The van der Waals surface area contributed by atoms with Crippen LogP contribution in [-0.4, -0.2) is 98.3 Å². The average molecular weight is 472 g/mol. The van der Waals surface area contributed by atoms with Crippen LogP contribution in [0, 0.1) is 0 Å². The van der Waals surface area contributed by atoms with E-state index < -0.39 is 47.5 Å². The maximum absolute atomic E-state index is 12.7. The van der Waals surface area contributed by atoms with E-state index in [4.69, 9.17) is 14.3 Å². The summed E-state index contributed by atoms with van der Waals surface area (Å²) in [5, 5.41) is 12.6. The van der Waals surface area contributed by atoms with Crippen LogP contribution >= 0.6 is 0 Å². The fourth-order valence-corrected chi connectivity index (χ4v) is 3.82. The van der Waals surface area contributed by atoms with Crippen LogP contribution in [0.5, 0.6) is 0 Å². The summed E-state index contributed by atoms with van der Waals surface area (Å²) in [6.45, 7) is 10.4. The van der Waals surface area contributed by atoms with Gasteiger partial charge in [0.2, 0.25) is 0 Å². The summed E-state index contributed by atoms with van der Waals surface area (Å²) in [6.07, 6.45) is -1.40. The fraction of sp³-hybridized carbons (Fsp3) is 0.800. The number of carbonyl (C=O) groups excluding carboxylic acids is 4. The van der Waals surface area contributed by atoms with E-state index >= 15 is 0 Å². The maximum Gasteiger partial charge on any atom is 0.429 e. The van der Waals surface area contributed by atoms with Gasteiger partial charge in [-0.3, -0.25) is 14.8 Å². The predicted octanol–water partition coefficient (Wildman–Crippen LogP) is 1.46. The van der Waals surface area contributed by atoms with Gasteiger partial charge in [-0.2, -0.15) is 0 Å². The molecule has 186 valence electrons. The van der Waals surface area contributed by atoms with Crippen molar-refractivity contribution in [2.24, 2.45) is 0 Å². The van der Waals surface area contributed by atoms with Crippen LogP contribution in [0.3, 0.4) is 0 Å². The number of amides is 5. The van der Waals surface area contributed by atoms with Crippen molar-refractivity contribution in [3.8, 4) is 0 Å². The molecule has 0 aromatic heterocycles. The Hall–Kier alpha value is -2.80. The number of rotatable bonds is 3. The Bertz CT molecular complexity index is 771. The minimum Gasteiger partial charge on any atom is -0.442 e. The number of hydrazine groups is 1. The molecule has 13 heteroatoms. The Morgan fingerprint density at radius 3 is 1.91 bits per heavy atom. The molecule has 33 heavy (non-hydrogen) atoms. The van der Waals surface area contributed by atoms with Gasteiger partial charge in [-0.05, 0) is 54.4 Å². The molecule has 3 heterocycles. The van der Waals surface area contributed by atoms with Crippen molar-refractivity contribution in [3.63, 3.8) is 0 Å². The molecule has 0 aliphatic carbocycles. The molecule has 2 N–H and O–H groups in total. The van der Waals surface area contributed by atoms with E-state index in [2.05, 4.69) is 5.48 Å².